The smallest absolute Gasteiger partial charge is 0.255 e. The molecule has 0 saturated carbocycles. The van der Waals surface area contributed by atoms with E-state index in [2.05, 4.69) is 5.32 Å². The Bertz CT molecular complexity index is 932. The normalized spacial score (nSPS) is 11.6. The molecule has 134 valence electrons. The summed E-state index contributed by atoms with van der Waals surface area (Å²) >= 11 is 0. The summed E-state index contributed by atoms with van der Waals surface area (Å²) in [6.45, 7) is 7.46. The summed E-state index contributed by atoms with van der Waals surface area (Å²) in [6, 6.07) is 8.91. The van der Waals surface area contributed by atoms with Crippen LogP contribution in [0.2, 0.25) is 0 Å². The number of aryl methyl sites for hydroxylation is 3. The van der Waals surface area contributed by atoms with E-state index in [0.717, 1.165) is 21.0 Å². The number of sulfonamides is 1. The van der Waals surface area contributed by atoms with Gasteiger partial charge in [0.05, 0.1) is 4.90 Å². The van der Waals surface area contributed by atoms with Crippen molar-refractivity contribution in [2.24, 2.45) is 0 Å². The Morgan fingerprint density at radius 2 is 1.60 bits per heavy atom. The number of nitrogens with one attached hydrogen (secondary N) is 1. The van der Waals surface area contributed by atoms with Gasteiger partial charge in [0.15, 0.2) is 0 Å². The van der Waals surface area contributed by atoms with Crippen molar-refractivity contribution >= 4 is 21.6 Å². The monoisotopic (exact) mass is 360 g/mol. The van der Waals surface area contributed by atoms with Gasteiger partial charge in [0.2, 0.25) is 10.0 Å². The maximum atomic E-state index is 12.6. The zero-order valence-corrected chi connectivity index (χ0v) is 16.3. The first kappa shape index (κ1) is 19.1. The average Bonchev–Trinajstić information content (AvgIpc) is 2.52. The summed E-state index contributed by atoms with van der Waals surface area (Å²) in [4.78, 5) is 12.8. The van der Waals surface area contributed by atoms with E-state index in [1.165, 1.54) is 20.2 Å². The van der Waals surface area contributed by atoms with Crippen LogP contribution in [-0.4, -0.2) is 32.7 Å². The first-order chi connectivity index (χ1) is 11.5. The first-order valence-corrected chi connectivity index (χ1v) is 9.40. The maximum absolute atomic E-state index is 12.6. The topological polar surface area (TPSA) is 66.5 Å². The third kappa shape index (κ3) is 3.91. The van der Waals surface area contributed by atoms with Crippen LogP contribution in [-0.2, 0) is 10.0 Å². The molecule has 0 saturated heterocycles. The number of benzene rings is 2. The van der Waals surface area contributed by atoms with E-state index in [9.17, 15) is 13.2 Å². The van der Waals surface area contributed by atoms with Crippen LogP contribution in [0.5, 0.6) is 0 Å². The van der Waals surface area contributed by atoms with Gasteiger partial charge in [0, 0.05) is 25.3 Å². The van der Waals surface area contributed by atoms with Crippen molar-refractivity contribution in [3.05, 3.63) is 58.1 Å². The molecule has 0 aromatic heterocycles. The third-order valence-electron chi connectivity index (χ3n) is 4.27. The second-order valence-electron chi connectivity index (χ2n) is 6.48. The fourth-order valence-corrected chi connectivity index (χ4v) is 3.79. The fourth-order valence-electron chi connectivity index (χ4n) is 2.57. The highest BCUT2D eigenvalue weighted by Crippen LogP contribution is 2.24. The molecule has 0 spiro atoms. The molecule has 6 heteroatoms. The molecule has 0 aliphatic carbocycles. The molecule has 0 aliphatic rings. The summed E-state index contributed by atoms with van der Waals surface area (Å²) in [5, 5.41) is 2.86. The summed E-state index contributed by atoms with van der Waals surface area (Å²) in [5.74, 6) is -0.328. The Kier molecular flexibility index (Phi) is 5.34. The van der Waals surface area contributed by atoms with E-state index in [1.54, 1.807) is 19.9 Å². The van der Waals surface area contributed by atoms with Gasteiger partial charge in [-0.1, -0.05) is 17.7 Å². The molecule has 1 amide bonds. The van der Waals surface area contributed by atoms with Crippen LogP contribution < -0.4 is 5.32 Å². The zero-order valence-electron chi connectivity index (χ0n) is 15.5. The van der Waals surface area contributed by atoms with Gasteiger partial charge in [-0.15, -0.1) is 0 Å². The van der Waals surface area contributed by atoms with Gasteiger partial charge in [-0.05, 0) is 62.6 Å². The summed E-state index contributed by atoms with van der Waals surface area (Å²) < 4.78 is 26.2. The van der Waals surface area contributed by atoms with Crippen molar-refractivity contribution in [1.82, 2.24) is 4.31 Å². The predicted octanol–water partition coefficient (Wildman–Crippen LogP) is 3.42. The third-order valence-corrected chi connectivity index (χ3v) is 6.21. The maximum Gasteiger partial charge on any atom is 0.255 e. The van der Waals surface area contributed by atoms with Gasteiger partial charge in [-0.25, -0.2) is 12.7 Å². The number of nitrogens with zero attached hydrogens (tertiary/aromatic N) is 1. The van der Waals surface area contributed by atoms with E-state index in [0.29, 0.717) is 16.8 Å². The molecule has 0 atom stereocenters. The van der Waals surface area contributed by atoms with Gasteiger partial charge >= 0.3 is 0 Å². The minimum Gasteiger partial charge on any atom is -0.322 e. The molecule has 0 radical (unpaired) electrons. The largest absolute Gasteiger partial charge is 0.322 e. The molecule has 2 aromatic carbocycles. The molecule has 5 nitrogen and oxygen atoms in total. The second kappa shape index (κ2) is 6.98. The van der Waals surface area contributed by atoms with Crippen LogP contribution in [0.4, 0.5) is 5.69 Å². The van der Waals surface area contributed by atoms with Crippen LogP contribution in [0.25, 0.3) is 0 Å². The number of hydrogen-bond donors (Lipinski definition) is 1. The molecule has 1 N–H and O–H groups in total. The van der Waals surface area contributed by atoms with E-state index < -0.39 is 10.0 Å². The van der Waals surface area contributed by atoms with Crippen LogP contribution in [0, 0.1) is 27.7 Å². The minimum atomic E-state index is -3.62. The van der Waals surface area contributed by atoms with Crippen molar-refractivity contribution in [2.45, 2.75) is 32.6 Å². The van der Waals surface area contributed by atoms with Crippen LogP contribution in [0.1, 0.15) is 32.6 Å². The van der Waals surface area contributed by atoms with Gasteiger partial charge in [-0.2, -0.15) is 0 Å². The highest BCUT2D eigenvalue weighted by Gasteiger charge is 2.23. The lowest BCUT2D eigenvalue weighted by molar-refractivity contribution is 0.102. The van der Waals surface area contributed by atoms with Crippen LogP contribution >= 0.6 is 0 Å². The first-order valence-electron chi connectivity index (χ1n) is 7.96. The fraction of sp³-hybridized carbons (Fsp3) is 0.316. The van der Waals surface area contributed by atoms with E-state index in [-0.39, 0.29) is 10.8 Å². The molecule has 0 unspecified atom stereocenters. The van der Waals surface area contributed by atoms with Crippen molar-refractivity contribution in [3.8, 4) is 0 Å². The van der Waals surface area contributed by atoms with Gasteiger partial charge < -0.3 is 5.32 Å². The molecule has 0 heterocycles. The molecular weight excluding hydrogens is 336 g/mol. The van der Waals surface area contributed by atoms with Crippen LogP contribution in [0.3, 0.4) is 0 Å². The second-order valence-corrected chi connectivity index (χ2v) is 8.60. The summed E-state index contributed by atoms with van der Waals surface area (Å²) in [7, 11) is -0.662. The highest BCUT2D eigenvalue weighted by molar-refractivity contribution is 7.89. The Balaban J connectivity index is 2.46. The van der Waals surface area contributed by atoms with Crippen molar-refractivity contribution in [3.63, 3.8) is 0 Å². The number of carbonyl (C=O) groups excluding carboxylic acids is 1. The summed E-state index contributed by atoms with van der Waals surface area (Å²) in [5.41, 5.74) is 4.51. The van der Waals surface area contributed by atoms with E-state index in [4.69, 9.17) is 0 Å². The molecule has 2 aromatic rings. The van der Waals surface area contributed by atoms with E-state index >= 15 is 0 Å². The number of anilines is 1. The zero-order chi connectivity index (χ0) is 18.9. The molecule has 25 heavy (non-hydrogen) atoms. The Hall–Kier alpha value is -2.18. The minimum absolute atomic E-state index is 0.156. The van der Waals surface area contributed by atoms with Gasteiger partial charge in [0.25, 0.3) is 5.91 Å². The molecule has 0 bridgehead atoms. The number of rotatable bonds is 4. The number of amides is 1. The Labute approximate surface area is 149 Å². The standard InChI is InChI=1S/C19H24N2O3S/c1-12-7-8-17(14(3)9-12)20-19(22)16-10-13(2)15(4)18(11-16)25(23,24)21(5)6/h7-11H,1-6H3,(H,20,22). The Morgan fingerprint density at radius 1 is 0.960 bits per heavy atom. The van der Waals surface area contributed by atoms with Crippen molar-refractivity contribution < 1.29 is 13.2 Å². The molecule has 0 aliphatic heterocycles. The van der Waals surface area contributed by atoms with E-state index in [1.807, 2.05) is 32.0 Å². The van der Waals surface area contributed by atoms with Gasteiger partial charge in [-0.3, -0.25) is 4.79 Å². The SMILES string of the molecule is Cc1ccc(NC(=O)c2cc(C)c(C)c(S(=O)(=O)N(C)C)c2)c(C)c1. The predicted molar refractivity (Wildman–Crippen MR) is 101 cm³/mol. The van der Waals surface area contributed by atoms with Crippen LogP contribution in [0.15, 0.2) is 35.2 Å². The highest BCUT2D eigenvalue weighted by atomic mass is 32.2. The summed E-state index contributed by atoms with van der Waals surface area (Å²) in [6.07, 6.45) is 0. The Morgan fingerprint density at radius 3 is 2.16 bits per heavy atom. The lowest BCUT2D eigenvalue weighted by Crippen LogP contribution is -2.24. The number of hydrogen-bond acceptors (Lipinski definition) is 3. The van der Waals surface area contributed by atoms with Gasteiger partial charge in [0.1, 0.15) is 0 Å². The van der Waals surface area contributed by atoms with Crippen molar-refractivity contribution in [2.75, 3.05) is 19.4 Å². The quantitative estimate of drug-likeness (QED) is 0.908. The molecule has 2 rings (SSSR count). The molecular formula is C19H24N2O3S. The number of carbonyl (C=O) groups is 1. The van der Waals surface area contributed by atoms with Crippen molar-refractivity contribution in [1.29, 1.82) is 0 Å². The lowest BCUT2D eigenvalue weighted by Gasteiger charge is -2.17. The lowest BCUT2D eigenvalue weighted by atomic mass is 10.1. The molecule has 0 fully saturated rings. The average molecular weight is 360 g/mol.